The van der Waals surface area contributed by atoms with Crippen molar-refractivity contribution in [1.29, 1.82) is 0 Å². The van der Waals surface area contributed by atoms with Crippen LogP contribution in [-0.2, 0) is 19.7 Å². The van der Waals surface area contributed by atoms with Crippen LogP contribution >= 0.6 is 0 Å². The zero-order valence-electron chi connectivity index (χ0n) is 19.7. The highest BCUT2D eigenvalue weighted by atomic mass is 32.3. The van der Waals surface area contributed by atoms with Crippen LogP contribution in [0.1, 0.15) is 33.6 Å². The van der Waals surface area contributed by atoms with E-state index in [1.807, 2.05) is 0 Å². The summed E-state index contributed by atoms with van der Waals surface area (Å²) in [6.07, 6.45) is 1.69. The molecule has 4 nitrogen and oxygen atoms in total. The summed E-state index contributed by atoms with van der Waals surface area (Å²) in [5.41, 5.74) is 3.21. The van der Waals surface area contributed by atoms with Gasteiger partial charge in [0, 0.05) is 6.42 Å². The zero-order valence-corrected chi connectivity index (χ0v) is 22.3. The Morgan fingerprint density at radius 1 is 0.848 bits per heavy atom. The minimum absolute atomic E-state index is 0.0155. The van der Waals surface area contributed by atoms with Crippen LogP contribution in [-0.4, -0.2) is 29.0 Å². The standard InChI is InChI=1S/C26H34O4S2Si/c1-5-22-19-26(31(27,28)24-15-11-9-12-16-24,32(29,30)25-17-13-10-14-18-25)20-23(22)21-33(6-2,7-3)8-4/h5,9-18,21-22H,1,6-8,19-20H2,2-4H3/b23-21+. The first-order valence-electron chi connectivity index (χ1n) is 11.6. The third-order valence-electron chi connectivity index (χ3n) is 7.46. The molecule has 33 heavy (non-hydrogen) atoms. The first-order valence-corrected chi connectivity index (χ1v) is 17.2. The molecule has 1 aliphatic carbocycles. The van der Waals surface area contributed by atoms with Crippen LogP contribution in [0.3, 0.4) is 0 Å². The third kappa shape index (κ3) is 4.31. The average molecular weight is 503 g/mol. The van der Waals surface area contributed by atoms with E-state index in [9.17, 15) is 16.8 Å². The maximum atomic E-state index is 14.1. The smallest absolute Gasteiger partial charge is 0.199 e. The number of benzene rings is 2. The van der Waals surface area contributed by atoms with Gasteiger partial charge in [-0.2, -0.15) is 0 Å². The second-order valence-electron chi connectivity index (χ2n) is 8.91. The summed E-state index contributed by atoms with van der Waals surface area (Å²) in [7, 11) is -10.2. The molecular formula is C26H34O4S2Si. The fraction of sp³-hybridized carbons (Fsp3) is 0.385. The lowest BCUT2D eigenvalue weighted by Crippen LogP contribution is -2.44. The summed E-state index contributed by atoms with van der Waals surface area (Å²) in [6, 6.07) is 19.1. The van der Waals surface area contributed by atoms with Gasteiger partial charge in [0.05, 0.1) is 17.9 Å². The molecule has 0 saturated heterocycles. The van der Waals surface area contributed by atoms with Crippen LogP contribution in [0.5, 0.6) is 0 Å². The predicted octanol–water partition coefficient (Wildman–Crippen LogP) is 6.20. The van der Waals surface area contributed by atoms with Gasteiger partial charge in [-0.15, -0.1) is 6.58 Å². The molecule has 1 unspecified atom stereocenters. The summed E-state index contributed by atoms with van der Waals surface area (Å²) in [6.45, 7) is 10.5. The molecule has 178 valence electrons. The summed E-state index contributed by atoms with van der Waals surface area (Å²) in [4.78, 5) is 0.0807. The lowest BCUT2D eigenvalue weighted by atomic mass is 10.1. The highest BCUT2D eigenvalue weighted by Gasteiger charge is 2.61. The van der Waals surface area contributed by atoms with E-state index in [4.69, 9.17) is 0 Å². The molecule has 0 amide bonds. The van der Waals surface area contributed by atoms with E-state index >= 15 is 0 Å². The van der Waals surface area contributed by atoms with E-state index < -0.39 is 31.8 Å². The number of sulfone groups is 2. The van der Waals surface area contributed by atoms with Gasteiger partial charge in [-0.1, -0.05) is 92.7 Å². The van der Waals surface area contributed by atoms with Crippen molar-refractivity contribution < 1.29 is 16.8 Å². The van der Waals surface area contributed by atoms with Crippen molar-refractivity contribution in [2.24, 2.45) is 5.92 Å². The first kappa shape index (κ1) is 25.7. The Hall–Kier alpha value is -1.96. The topological polar surface area (TPSA) is 68.3 Å². The molecule has 0 bridgehead atoms. The quantitative estimate of drug-likeness (QED) is 0.302. The zero-order chi connectivity index (χ0) is 24.3. The van der Waals surface area contributed by atoms with Crippen molar-refractivity contribution in [2.75, 3.05) is 0 Å². The molecule has 7 heteroatoms. The van der Waals surface area contributed by atoms with Gasteiger partial charge in [0.15, 0.2) is 23.8 Å². The van der Waals surface area contributed by atoms with Gasteiger partial charge in [-0.05, 0) is 36.6 Å². The van der Waals surface area contributed by atoms with Crippen molar-refractivity contribution in [3.63, 3.8) is 0 Å². The van der Waals surface area contributed by atoms with Crippen molar-refractivity contribution in [1.82, 2.24) is 0 Å². The number of hydrogen-bond acceptors (Lipinski definition) is 4. The second-order valence-corrected chi connectivity index (χ2v) is 18.8. The van der Waals surface area contributed by atoms with Gasteiger partial charge in [0.25, 0.3) is 0 Å². The monoisotopic (exact) mass is 502 g/mol. The molecule has 0 aliphatic heterocycles. The fourth-order valence-corrected chi connectivity index (χ4v) is 13.4. The summed E-state index contributed by atoms with van der Waals surface area (Å²) >= 11 is 0. The largest absolute Gasteiger partial charge is 0.222 e. The van der Waals surface area contributed by atoms with Crippen LogP contribution in [0.4, 0.5) is 0 Å². The van der Waals surface area contributed by atoms with E-state index in [-0.39, 0.29) is 28.6 Å². The van der Waals surface area contributed by atoms with Crippen molar-refractivity contribution in [3.8, 4) is 0 Å². The Labute approximate surface area is 200 Å². The van der Waals surface area contributed by atoms with Crippen molar-refractivity contribution in [2.45, 2.75) is 65.6 Å². The number of rotatable bonds is 9. The molecule has 0 N–H and O–H groups in total. The third-order valence-corrected chi connectivity index (χ3v) is 18.3. The molecule has 3 rings (SSSR count). The minimum Gasteiger partial charge on any atom is -0.222 e. The molecule has 0 heterocycles. The summed E-state index contributed by atoms with van der Waals surface area (Å²) < 4.78 is 54.5. The Morgan fingerprint density at radius 2 is 1.27 bits per heavy atom. The average Bonchev–Trinajstić information content (AvgIpc) is 3.24. The maximum absolute atomic E-state index is 14.1. The van der Waals surface area contributed by atoms with E-state index in [1.54, 1.807) is 42.5 Å². The van der Waals surface area contributed by atoms with E-state index in [1.165, 1.54) is 24.3 Å². The fourth-order valence-electron chi connectivity index (χ4n) is 5.01. The molecule has 0 spiro atoms. The van der Waals surface area contributed by atoms with Crippen LogP contribution in [0, 0.1) is 5.92 Å². The Morgan fingerprint density at radius 3 is 1.64 bits per heavy atom. The summed E-state index contributed by atoms with van der Waals surface area (Å²) in [5, 5.41) is 0. The second kappa shape index (κ2) is 9.72. The highest BCUT2D eigenvalue weighted by molar-refractivity contribution is 8.10. The Bertz CT molecular complexity index is 1140. The molecule has 1 aliphatic rings. The van der Waals surface area contributed by atoms with Crippen molar-refractivity contribution in [3.05, 3.63) is 84.6 Å². The summed E-state index contributed by atoms with van der Waals surface area (Å²) in [5.74, 6) is -0.293. The molecular weight excluding hydrogens is 469 g/mol. The minimum atomic E-state index is -4.22. The van der Waals surface area contributed by atoms with Crippen LogP contribution in [0.15, 0.2) is 94.4 Å². The van der Waals surface area contributed by atoms with E-state index in [0.717, 1.165) is 23.7 Å². The first-order chi connectivity index (χ1) is 15.6. The molecule has 1 atom stereocenters. The number of hydrogen-bond donors (Lipinski definition) is 0. The van der Waals surface area contributed by atoms with Gasteiger partial charge in [0.1, 0.15) is 0 Å². The molecule has 2 aromatic carbocycles. The van der Waals surface area contributed by atoms with Crippen molar-refractivity contribution >= 4 is 27.7 Å². The van der Waals surface area contributed by atoms with Gasteiger partial charge in [-0.25, -0.2) is 16.8 Å². The molecule has 1 saturated carbocycles. The lowest BCUT2D eigenvalue weighted by molar-refractivity contribution is 0.535. The van der Waals surface area contributed by atoms with Gasteiger partial charge >= 0.3 is 0 Å². The van der Waals surface area contributed by atoms with Crippen LogP contribution in [0.25, 0.3) is 0 Å². The van der Waals surface area contributed by atoms with Gasteiger partial charge < -0.3 is 0 Å². The maximum Gasteiger partial charge on any atom is 0.199 e. The molecule has 0 aromatic heterocycles. The number of allylic oxidation sites excluding steroid dienone is 2. The highest BCUT2D eigenvalue weighted by Crippen LogP contribution is 2.52. The lowest BCUT2D eigenvalue weighted by Gasteiger charge is -2.29. The SMILES string of the molecule is C=CC1CC(S(=O)(=O)c2ccccc2)(S(=O)(=O)c2ccccc2)C/C1=C\[Si](CC)(CC)CC. The van der Waals surface area contributed by atoms with Gasteiger partial charge in [-0.3, -0.25) is 0 Å². The van der Waals surface area contributed by atoms with Crippen LogP contribution < -0.4 is 0 Å². The van der Waals surface area contributed by atoms with Gasteiger partial charge in [0.2, 0.25) is 0 Å². The predicted molar refractivity (Wildman–Crippen MR) is 138 cm³/mol. The molecule has 2 aromatic rings. The van der Waals surface area contributed by atoms with Crippen LogP contribution in [0.2, 0.25) is 18.1 Å². The molecule has 1 fully saturated rings. The Kier molecular flexibility index (Phi) is 7.56. The Balaban J connectivity index is 2.31. The van der Waals surface area contributed by atoms with E-state index in [2.05, 4.69) is 33.0 Å². The normalized spacial score (nSPS) is 20.1. The van der Waals surface area contributed by atoms with E-state index in [0.29, 0.717) is 0 Å². The molecule has 0 radical (unpaired) electrons.